The molecule has 0 N–H and O–H groups in total. The van der Waals surface area contributed by atoms with E-state index in [9.17, 15) is 0 Å². The molecular weight excluding hydrogens is 196 g/mol. The van der Waals surface area contributed by atoms with E-state index in [4.69, 9.17) is 4.74 Å². The van der Waals surface area contributed by atoms with E-state index < -0.39 is 0 Å². The Morgan fingerprint density at radius 2 is 2.12 bits per heavy atom. The molecule has 3 rings (SSSR count). The summed E-state index contributed by atoms with van der Waals surface area (Å²) < 4.78 is 6.02. The molecule has 1 aliphatic carbocycles. The molecule has 2 aliphatic rings. The highest BCUT2D eigenvalue weighted by Crippen LogP contribution is 2.55. The van der Waals surface area contributed by atoms with Gasteiger partial charge in [-0.25, -0.2) is 0 Å². The Kier molecular flexibility index (Phi) is 2.36. The summed E-state index contributed by atoms with van der Waals surface area (Å²) in [5, 5.41) is 0. The molecule has 1 aromatic carbocycles. The second-order valence-electron chi connectivity index (χ2n) is 4.99. The summed E-state index contributed by atoms with van der Waals surface area (Å²) in [4.78, 5) is 0. The van der Waals surface area contributed by atoms with E-state index in [0.717, 1.165) is 6.42 Å². The van der Waals surface area contributed by atoms with Crippen molar-refractivity contribution < 1.29 is 4.74 Å². The van der Waals surface area contributed by atoms with Crippen LogP contribution >= 0.6 is 0 Å². The molecule has 0 aromatic heterocycles. The first-order valence-corrected chi connectivity index (χ1v) is 6.21. The van der Waals surface area contributed by atoms with Gasteiger partial charge in [0, 0.05) is 0 Å². The van der Waals surface area contributed by atoms with Crippen LogP contribution in [0, 0.1) is 5.92 Å². The maximum Gasteiger partial charge on any atom is 0.120 e. The van der Waals surface area contributed by atoms with Crippen molar-refractivity contribution in [3.8, 4) is 0 Å². The third-order valence-corrected chi connectivity index (χ3v) is 4.05. The Balaban J connectivity index is 1.85. The predicted octanol–water partition coefficient (Wildman–Crippen LogP) is 3.66. The van der Waals surface area contributed by atoms with Crippen LogP contribution in [0.2, 0.25) is 0 Å². The number of rotatable bonds is 2. The number of ether oxygens (including phenoxy) is 1. The minimum atomic E-state index is 0.0546. The molecular formula is C15H18O. The highest BCUT2D eigenvalue weighted by atomic mass is 16.6. The molecule has 84 valence electrons. The van der Waals surface area contributed by atoms with Crippen LogP contribution in [0.5, 0.6) is 0 Å². The first-order valence-electron chi connectivity index (χ1n) is 6.21. The lowest BCUT2D eigenvalue weighted by Gasteiger charge is -2.11. The lowest BCUT2D eigenvalue weighted by Crippen LogP contribution is -2.11. The van der Waals surface area contributed by atoms with Crippen LogP contribution in [0.1, 0.15) is 31.2 Å². The molecule has 16 heavy (non-hydrogen) atoms. The Bertz CT molecular complexity index is 384. The van der Waals surface area contributed by atoms with Gasteiger partial charge in [0.2, 0.25) is 0 Å². The van der Waals surface area contributed by atoms with E-state index in [1.54, 1.807) is 0 Å². The van der Waals surface area contributed by atoms with Gasteiger partial charge in [-0.15, -0.1) is 6.58 Å². The van der Waals surface area contributed by atoms with Crippen molar-refractivity contribution in [1.29, 1.82) is 0 Å². The van der Waals surface area contributed by atoms with Crippen molar-refractivity contribution in [1.82, 2.24) is 0 Å². The minimum absolute atomic E-state index is 0.0546. The Morgan fingerprint density at radius 1 is 1.31 bits per heavy atom. The average molecular weight is 214 g/mol. The van der Waals surface area contributed by atoms with Crippen molar-refractivity contribution in [3.63, 3.8) is 0 Å². The number of fused-ring (bicyclic) bond motifs is 1. The van der Waals surface area contributed by atoms with Crippen LogP contribution in [0.4, 0.5) is 0 Å². The van der Waals surface area contributed by atoms with Crippen molar-refractivity contribution in [3.05, 3.63) is 48.6 Å². The Labute approximate surface area is 97.1 Å². The van der Waals surface area contributed by atoms with Gasteiger partial charge in [-0.3, -0.25) is 0 Å². The van der Waals surface area contributed by atoms with Gasteiger partial charge in [0.15, 0.2) is 0 Å². The zero-order valence-electron chi connectivity index (χ0n) is 9.56. The van der Waals surface area contributed by atoms with Crippen LogP contribution in [0.3, 0.4) is 0 Å². The number of hydrogen-bond donors (Lipinski definition) is 0. The molecule has 0 radical (unpaired) electrons. The number of allylic oxidation sites excluding steroid dienone is 1. The van der Waals surface area contributed by atoms with Crippen molar-refractivity contribution >= 4 is 0 Å². The molecule has 3 unspecified atom stereocenters. The minimum Gasteiger partial charge on any atom is -0.361 e. The van der Waals surface area contributed by atoms with E-state index >= 15 is 0 Å². The number of hydrogen-bond acceptors (Lipinski definition) is 1. The Hall–Kier alpha value is -1.08. The van der Waals surface area contributed by atoms with Gasteiger partial charge in [-0.2, -0.15) is 0 Å². The third-order valence-electron chi connectivity index (χ3n) is 4.05. The van der Waals surface area contributed by atoms with E-state index in [1.165, 1.54) is 24.8 Å². The van der Waals surface area contributed by atoms with Crippen LogP contribution < -0.4 is 0 Å². The zero-order valence-corrected chi connectivity index (χ0v) is 9.56. The molecule has 3 atom stereocenters. The lowest BCUT2D eigenvalue weighted by molar-refractivity contribution is 0.256. The molecule has 1 aliphatic heterocycles. The molecule has 0 spiro atoms. The molecule has 1 saturated heterocycles. The van der Waals surface area contributed by atoms with E-state index in [1.807, 2.05) is 0 Å². The summed E-state index contributed by atoms with van der Waals surface area (Å²) in [5.74, 6) is 0.651. The molecule has 0 amide bonds. The van der Waals surface area contributed by atoms with Crippen molar-refractivity contribution in [2.24, 2.45) is 5.92 Å². The van der Waals surface area contributed by atoms with E-state index in [0.29, 0.717) is 12.0 Å². The molecule has 1 heteroatoms. The summed E-state index contributed by atoms with van der Waals surface area (Å²) in [5.41, 5.74) is 1.42. The first-order chi connectivity index (χ1) is 7.85. The third kappa shape index (κ3) is 1.51. The van der Waals surface area contributed by atoms with Gasteiger partial charge in [0.1, 0.15) is 5.60 Å². The maximum atomic E-state index is 6.02. The van der Waals surface area contributed by atoms with Crippen molar-refractivity contribution in [2.45, 2.75) is 37.4 Å². The van der Waals surface area contributed by atoms with Crippen molar-refractivity contribution in [2.75, 3.05) is 0 Å². The van der Waals surface area contributed by atoms with Gasteiger partial charge in [-0.1, -0.05) is 36.4 Å². The summed E-state index contributed by atoms with van der Waals surface area (Å²) in [6.07, 6.45) is 7.38. The smallest absolute Gasteiger partial charge is 0.120 e. The maximum absolute atomic E-state index is 6.02. The lowest BCUT2D eigenvalue weighted by atomic mass is 9.91. The predicted molar refractivity (Wildman–Crippen MR) is 65.1 cm³/mol. The van der Waals surface area contributed by atoms with E-state index in [2.05, 4.69) is 43.0 Å². The molecule has 1 saturated carbocycles. The van der Waals surface area contributed by atoms with Gasteiger partial charge in [0.25, 0.3) is 0 Å². The largest absolute Gasteiger partial charge is 0.361 e. The zero-order chi connectivity index (χ0) is 11.0. The van der Waals surface area contributed by atoms with Crippen LogP contribution in [0.15, 0.2) is 43.0 Å². The molecule has 2 fully saturated rings. The topological polar surface area (TPSA) is 12.5 Å². The summed E-state index contributed by atoms with van der Waals surface area (Å²) in [6, 6.07) is 10.7. The molecule has 0 bridgehead atoms. The molecule has 1 nitrogen and oxygen atoms in total. The highest BCUT2D eigenvalue weighted by Gasteiger charge is 2.57. The standard InChI is InChI=1S/C15H18O/c1-2-12-7-6-10-15(14(11-12)16-15)13-8-4-3-5-9-13/h2-5,8-9,12,14H,1,6-7,10-11H2. The van der Waals surface area contributed by atoms with E-state index in [-0.39, 0.29) is 5.60 Å². The normalized spacial score (nSPS) is 37.2. The van der Waals surface area contributed by atoms with Crippen LogP contribution in [-0.4, -0.2) is 6.10 Å². The molecule has 1 aromatic rings. The average Bonchev–Trinajstić information content (AvgIpc) is 3.03. The second kappa shape index (κ2) is 3.74. The molecule has 1 heterocycles. The van der Waals surface area contributed by atoms with Gasteiger partial charge in [0.05, 0.1) is 6.10 Å². The summed E-state index contributed by atoms with van der Waals surface area (Å²) in [7, 11) is 0. The summed E-state index contributed by atoms with van der Waals surface area (Å²) in [6.45, 7) is 3.92. The van der Waals surface area contributed by atoms with Crippen LogP contribution in [0.25, 0.3) is 0 Å². The number of epoxide rings is 1. The second-order valence-corrected chi connectivity index (χ2v) is 4.99. The highest BCUT2D eigenvalue weighted by molar-refractivity contribution is 5.30. The SMILES string of the molecule is C=CC1CCCC2(c3ccccc3)OC2C1. The fourth-order valence-corrected chi connectivity index (χ4v) is 3.03. The van der Waals surface area contributed by atoms with Crippen LogP contribution in [-0.2, 0) is 10.3 Å². The fourth-order valence-electron chi connectivity index (χ4n) is 3.03. The quantitative estimate of drug-likeness (QED) is 0.540. The first kappa shape index (κ1) is 10.1. The van der Waals surface area contributed by atoms with Gasteiger partial charge < -0.3 is 4.74 Å². The summed E-state index contributed by atoms with van der Waals surface area (Å²) >= 11 is 0. The van der Waals surface area contributed by atoms with Gasteiger partial charge in [-0.05, 0) is 37.2 Å². The number of benzene rings is 1. The Morgan fingerprint density at radius 3 is 2.88 bits per heavy atom. The monoisotopic (exact) mass is 214 g/mol. The van der Waals surface area contributed by atoms with Gasteiger partial charge >= 0.3 is 0 Å². The fraction of sp³-hybridized carbons (Fsp3) is 0.467.